The maximum absolute atomic E-state index is 13.4. The molecular weight excluding hydrogens is 447 g/mol. The molecule has 0 aliphatic carbocycles. The van der Waals surface area contributed by atoms with Crippen molar-refractivity contribution in [3.8, 4) is 4.90 Å². The molecule has 160 valence electrons. The van der Waals surface area contributed by atoms with E-state index in [-0.39, 0.29) is 10.0 Å². The lowest BCUT2D eigenvalue weighted by Crippen LogP contribution is -2.29. The van der Waals surface area contributed by atoms with Crippen molar-refractivity contribution < 1.29 is 26.4 Å². The highest BCUT2D eigenvalue weighted by atomic mass is 32.2. The number of thiazole rings is 1. The number of hydrogen-bond acceptors (Lipinski definition) is 5. The van der Waals surface area contributed by atoms with Crippen LogP contribution in [0.2, 0.25) is 0 Å². The Labute approximate surface area is 174 Å². The second-order valence-corrected chi connectivity index (χ2v) is 10.9. The fourth-order valence-electron chi connectivity index (χ4n) is 2.48. The Bertz CT molecular complexity index is 989. The number of thioether (sulfide) groups is 1. The molecule has 1 atom stereocenters. The minimum absolute atomic E-state index is 0.211. The zero-order valence-corrected chi connectivity index (χ0v) is 18.4. The first-order valence-corrected chi connectivity index (χ1v) is 13.0. The number of aryl methyl sites for hydroxylation is 1. The van der Waals surface area contributed by atoms with E-state index in [2.05, 4.69) is 15.6 Å². The van der Waals surface area contributed by atoms with Crippen LogP contribution >= 0.6 is 22.2 Å². The molecule has 0 spiro atoms. The molecule has 0 radical (unpaired) electrons. The molecule has 0 bridgehead atoms. The lowest BCUT2D eigenvalue weighted by Gasteiger charge is -2.11. The third kappa shape index (κ3) is 6.34. The van der Waals surface area contributed by atoms with Crippen LogP contribution in [0.25, 0.3) is 4.90 Å². The Morgan fingerprint density at radius 1 is 1.31 bits per heavy atom. The summed E-state index contributed by atoms with van der Waals surface area (Å²) in [5.41, 5.74) is -0.685. The van der Waals surface area contributed by atoms with Crippen molar-refractivity contribution in [3.05, 3.63) is 34.8 Å². The fourth-order valence-corrected chi connectivity index (χ4v) is 5.57. The van der Waals surface area contributed by atoms with Gasteiger partial charge in [0.15, 0.2) is 20.1 Å². The van der Waals surface area contributed by atoms with Gasteiger partial charge < -0.3 is 5.32 Å². The van der Waals surface area contributed by atoms with Crippen LogP contribution in [0.15, 0.2) is 28.5 Å². The molecule has 0 fully saturated rings. The monoisotopic (exact) mass is 468 g/mol. The summed E-state index contributed by atoms with van der Waals surface area (Å²) in [5.74, 6) is 0.888. The molecule has 2 rings (SSSR count). The molecule has 0 aliphatic rings. The van der Waals surface area contributed by atoms with Gasteiger partial charge in [0, 0.05) is 18.9 Å². The Morgan fingerprint density at radius 2 is 2.00 bits per heavy atom. The van der Waals surface area contributed by atoms with Crippen LogP contribution in [-0.4, -0.2) is 44.2 Å². The maximum atomic E-state index is 13.4. The third-order valence-corrected chi connectivity index (χ3v) is 7.52. The number of urea groups is 1. The normalized spacial score (nSPS) is 12.7. The van der Waals surface area contributed by atoms with Gasteiger partial charge in [-0.25, -0.2) is 18.5 Å². The van der Waals surface area contributed by atoms with Crippen molar-refractivity contribution in [2.24, 2.45) is 0 Å². The summed E-state index contributed by atoms with van der Waals surface area (Å²) in [6.45, 7) is 2.13. The molecule has 1 unspecified atom stereocenters. The highest BCUT2D eigenvalue weighted by molar-refractivity contribution is 7.98. The minimum atomic E-state index is -4.84. The van der Waals surface area contributed by atoms with Crippen molar-refractivity contribution in [1.82, 2.24) is 10.3 Å². The van der Waals surface area contributed by atoms with Gasteiger partial charge in [0.25, 0.3) is 0 Å². The van der Waals surface area contributed by atoms with E-state index in [0.29, 0.717) is 12.2 Å². The standard InChI is InChI=1S/C17H20F3N3O3S3/c1-11-10-28(16(22-11)23-15(24)21-7-4-8-27-2)12-5-6-14(29(3,25)26)13(9-12)17(18,19)20/h5-6,9-10H,4,7-8H2,1-3H3,(H-,21,22,23,24)/p+1. The van der Waals surface area contributed by atoms with Gasteiger partial charge in [0.2, 0.25) is 0 Å². The topological polar surface area (TPSA) is 88.2 Å². The molecule has 1 aromatic heterocycles. The number of alkyl halides is 3. The Kier molecular flexibility index (Phi) is 7.57. The first-order chi connectivity index (χ1) is 13.4. The fraction of sp³-hybridized carbons (Fsp3) is 0.412. The molecule has 0 aliphatic heterocycles. The third-order valence-electron chi connectivity index (χ3n) is 3.72. The van der Waals surface area contributed by atoms with Crippen molar-refractivity contribution in [3.63, 3.8) is 0 Å². The van der Waals surface area contributed by atoms with Crippen molar-refractivity contribution in [2.45, 2.75) is 24.4 Å². The van der Waals surface area contributed by atoms with E-state index in [9.17, 15) is 26.4 Å². The minimum Gasteiger partial charge on any atom is -0.338 e. The van der Waals surface area contributed by atoms with Crippen LogP contribution < -0.4 is 10.6 Å². The zero-order chi connectivity index (χ0) is 21.8. The average molecular weight is 469 g/mol. The Balaban J connectivity index is 2.37. The highest BCUT2D eigenvalue weighted by Crippen LogP contribution is 2.43. The van der Waals surface area contributed by atoms with Crippen molar-refractivity contribution in [1.29, 1.82) is 0 Å². The Morgan fingerprint density at radius 3 is 2.59 bits per heavy atom. The van der Waals surface area contributed by atoms with E-state index in [4.69, 9.17) is 0 Å². The zero-order valence-electron chi connectivity index (χ0n) is 16.0. The van der Waals surface area contributed by atoms with Gasteiger partial charge in [-0.2, -0.15) is 29.9 Å². The SMILES string of the molecule is CSCCCNC(=O)Nc1nc(C)c[s+]1-c1ccc(S(C)(=O)=O)c(C(F)(F)F)c1. The number of carbonyl (C=O) groups is 1. The second kappa shape index (κ2) is 9.35. The number of nitrogens with zero attached hydrogens (tertiary/aromatic N) is 1. The molecule has 12 heteroatoms. The molecule has 2 amide bonds. The molecule has 6 nitrogen and oxygen atoms in total. The van der Waals surface area contributed by atoms with Gasteiger partial charge in [0.1, 0.15) is 0 Å². The van der Waals surface area contributed by atoms with Gasteiger partial charge in [-0.1, -0.05) is 0 Å². The molecule has 1 aromatic carbocycles. The van der Waals surface area contributed by atoms with E-state index in [1.807, 2.05) is 6.26 Å². The number of amides is 2. The number of halogens is 3. The summed E-state index contributed by atoms with van der Waals surface area (Å²) in [7, 11) is -5.11. The number of hydrogen-bond donors (Lipinski definition) is 2. The van der Waals surface area contributed by atoms with Gasteiger partial charge in [-0.15, -0.1) is 0 Å². The summed E-state index contributed by atoms with van der Waals surface area (Å²) < 4.78 is 63.8. The van der Waals surface area contributed by atoms with Gasteiger partial charge >= 0.3 is 17.3 Å². The van der Waals surface area contributed by atoms with Crippen molar-refractivity contribution >= 4 is 43.2 Å². The van der Waals surface area contributed by atoms with Crippen LogP contribution in [0.4, 0.5) is 23.1 Å². The summed E-state index contributed by atoms with van der Waals surface area (Å²) in [5, 5.41) is 7.12. The van der Waals surface area contributed by atoms with Gasteiger partial charge in [0.05, 0.1) is 26.6 Å². The highest BCUT2D eigenvalue weighted by Gasteiger charge is 2.38. The van der Waals surface area contributed by atoms with Crippen molar-refractivity contribution in [2.75, 3.05) is 30.1 Å². The molecule has 1 heterocycles. The molecule has 29 heavy (non-hydrogen) atoms. The number of carbonyl (C=O) groups excluding carboxylic acids is 1. The molecular formula is C17H21F3N3O3S3+. The predicted octanol–water partition coefficient (Wildman–Crippen LogP) is 4.43. The molecule has 0 saturated heterocycles. The number of aromatic nitrogens is 1. The number of nitrogens with one attached hydrogen (secondary N) is 2. The van der Waals surface area contributed by atoms with Crippen LogP contribution in [0, 0.1) is 6.92 Å². The number of anilines is 1. The van der Waals surface area contributed by atoms with E-state index in [0.717, 1.165) is 30.6 Å². The van der Waals surface area contributed by atoms with E-state index in [1.165, 1.54) is 6.07 Å². The smallest absolute Gasteiger partial charge is 0.338 e. The van der Waals surface area contributed by atoms with E-state index < -0.39 is 43.0 Å². The van der Waals surface area contributed by atoms with E-state index in [1.54, 1.807) is 24.1 Å². The summed E-state index contributed by atoms with van der Waals surface area (Å²) in [4.78, 5) is 15.7. The first-order valence-electron chi connectivity index (χ1n) is 8.39. The van der Waals surface area contributed by atoms with Crippen LogP contribution in [0.3, 0.4) is 0 Å². The Hall–Kier alpha value is -1.79. The molecule has 2 aromatic rings. The van der Waals surface area contributed by atoms with Crippen LogP contribution in [0.1, 0.15) is 17.7 Å². The predicted molar refractivity (Wildman–Crippen MR) is 111 cm³/mol. The number of benzene rings is 1. The van der Waals surface area contributed by atoms with Gasteiger partial charge in [-0.05, 0) is 37.5 Å². The van der Waals surface area contributed by atoms with E-state index >= 15 is 0 Å². The molecule has 0 saturated carbocycles. The molecule has 2 N–H and O–H groups in total. The first kappa shape index (κ1) is 23.5. The summed E-state index contributed by atoms with van der Waals surface area (Å²) >= 11 is 1.65. The summed E-state index contributed by atoms with van der Waals surface area (Å²) in [6, 6.07) is 2.58. The number of sulfone groups is 1. The van der Waals surface area contributed by atoms with Crippen LogP contribution in [-0.2, 0) is 16.0 Å². The largest absolute Gasteiger partial charge is 0.417 e. The average Bonchev–Trinajstić information content (AvgIpc) is 2.97. The quantitative estimate of drug-likeness (QED) is 0.464. The number of rotatable bonds is 7. The lowest BCUT2D eigenvalue weighted by atomic mass is 10.2. The second-order valence-electron chi connectivity index (χ2n) is 6.17. The maximum Gasteiger partial charge on any atom is 0.417 e. The van der Waals surface area contributed by atoms with Gasteiger partial charge in [-0.3, -0.25) is 0 Å². The van der Waals surface area contributed by atoms with Crippen LogP contribution in [0.5, 0.6) is 0 Å². The lowest BCUT2D eigenvalue weighted by molar-refractivity contribution is -0.139. The summed E-state index contributed by atoms with van der Waals surface area (Å²) in [6.07, 6.45) is -1.37.